The predicted molar refractivity (Wildman–Crippen MR) is 98.3 cm³/mol. The van der Waals surface area contributed by atoms with Crippen molar-refractivity contribution >= 4 is 11.8 Å². The summed E-state index contributed by atoms with van der Waals surface area (Å²) in [6.07, 6.45) is 8.37. The molecule has 2 fully saturated rings. The third-order valence-electron chi connectivity index (χ3n) is 5.60. The van der Waals surface area contributed by atoms with Crippen LogP contribution < -0.4 is 10.6 Å². The fraction of sp³-hybridized carbons (Fsp3) is 0.895. The Labute approximate surface area is 152 Å². The minimum atomic E-state index is -0.113. The maximum Gasteiger partial charge on any atom is 0.237 e. The second-order valence-corrected chi connectivity index (χ2v) is 7.55. The molecule has 1 saturated carbocycles. The van der Waals surface area contributed by atoms with E-state index in [0.29, 0.717) is 25.5 Å². The molecule has 1 atom stereocenters. The summed E-state index contributed by atoms with van der Waals surface area (Å²) in [6, 6.07) is 0.153. The third kappa shape index (κ3) is 6.94. The molecule has 0 bridgehead atoms. The van der Waals surface area contributed by atoms with Crippen molar-refractivity contribution in [1.29, 1.82) is 0 Å². The van der Waals surface area contributed by atoms with Gasteiger partial charge < -0.3 is 15.4 Å². The van der Waals surface area contributed by atoms with Crippen LogP contribution in [0.15, 0.2) is 0 Å². The van der Waals surface area contributed by atoms with Gasteiger partial charge in [0.25, 0.3) is 0 Å². The van der Waals surface area contributed by atoms with Crippen molar-refractivity contribution < 1.29 is 14.3 Å². The van der Waals surface area contributed by atoms with E-state index in [1.165, 1.54) is 25.7 Å². The van der Waals surface area contributed by atoms with E-state index in [-0.39, 0.29) is 23.9 Å². The molecule has 0 spiro atoms. The molecule has 0 aromatic heterocycles. The Morgan fingerprint density at radius 3 is 2.48 bits per heavy atom. The summed E-state index contributed by atoms with van der Waals surface area (Å²) in [7, 11) is 1.67. The zero-order valence-corrected chi connectivity index (χ0v) is 15.9. The molecule has 144 valence electrons. The molecule has 0 radical (unpaired) electrons. The number of hydrogen-bond acceptors (Lipinski definition) is 4. The highest BCUT2D eigenvalue weighted by Gasteiger charge is 2.27. The Balaban J connectivity index is 1.62. The first-order valence-corrected chi connectivity index (χ1v) is 9.90. The lowest BCUT2D eigenvalue weighted by Gasteiger charge is -2.35. The first-order chi connectivity index (χ1) is 12.1. The molecular weight excluding hydrogens is 318 g/mol. The highest BCUT2D eigenvalue weighted by molar-refractivity contribution is 5.81. The zero-order chi connectivity index (χ0) is 18.1. The van der Waals surface area contributed by atoms with Crippen molar-refractivity contribution in [3.63, 3.8) is 0 Å². The summed E-state index contributed by atoms with van der Waals surface area (Å²) in [4.78, 5) is 26.6. The molecule has 1 aliphatic carbocycles. The van der Waals surface area contributed by atoms with Gasteiger partial charge in [0.15, 0.2) is 0 Å². The van der Waals surface area contributed by atoms with E-state index in [2.05, 4.69) is 15.5 Å². The number of carbonyl (C=O) groups is 2. The summed E-state index contributed by atoms with van der Waals surface area (Å²) in [5.41, 5.74) is 0. The lowest BCUT2D eigenvalue weighted by atomic mass is 10.0. The molecule has 1 heterocycles. The van der Waals surface area contributed by atoms with E-state index >= 15 is 0 Å². The van der Waals surface area contributed by atoms with Crippen molar-refractivity contribution in [1.82, 2.24) is 15.5 Å². The van der Waals surface area contributed by atoms with Gasteiger partial charge in [-0.25, -0.2) is 0 Å². The standard InChI is InChI=1S/C19H35N3O3/c1-15(19(24)20-10-5-13-25-2)22-11-8-17(9-12-22)21-18(23)14-16-6-3-4-7-16/h15-17H,3-14H2,1-2H3,(H,20,24)(H,21,23). The molecule has 0 aromatic carbocycles. The molecule has 2 rings (SSSR count). The van der Waals surface area contributed by atoms with Crippen LogP contribution >= 0.6 is 0 Å². The number of amides is 2. The van der Waals surface area contributed by atoms with Gasteiger partial charge in [0.1, 0.15) is 0 Å². The molecule has 25 heavy (non-hydrogen) atoms. The summed E-state index contributed by atoms with van der Waals surface area (Å²) >= 11 is 0. The fourth-order valence-electron chi connectivity index (χ4n) is 3.94. The Bertz CT molecular complexity index is 416. The maximum absolute atomic E-state index is 12.2. The zero-order valence-electron chi connectivity index (χ0n) is 15.9. The molecule has 2 N–H and O–H groups in total. The minimum Gasteiger partial charge on any atom is -0.385 e. The predicted octanol–water partition coefficient (Wildman–Crippen LogP) is 1.69. The molecule has 2 aliphatic rings. The monoisotopic (exact) mass is 353 g/mol. The number of ether oxygens (including phenoxy) is 1. The number of hydrogen-bond donors (Lipinski definition) is 2. The van der Waals surface area contributed by atoms with Crippen molar-refractivity contribution in [3.8, 4) is 0 Å². The molecule has 1 aliphatic heterocycles. The fourth-order valence-corrected chi connectivity index (χ4v) is 3.94. The van der Waals surface area contributed by atoms with Gasteiger partial charge >= 0.3 is 0 Å². The van der Waals surface area contributed by atoms with Gasteiger partial charge in [-0.1, -0.05) is 12.8 Å². The largest absolute Gasteiger partial charge is 0.385 e. The van der Waals surface area contributed by atoms with Gasteiger partial charge in [0, 0.05) is 45.8 Å². The molecule has 0 aromatic rings. The summed E-state index contributed by atoms with van der Waals surface area (Å²) < 4.78 is 4.99. The van der Waals surface area contributed by atoms with Crippen molar-refractivity contribution in [3.05, 3.63) is 0 Å². The number of methoxy groups -OCH3 is 1. The van der Waals surface area contributed by atoms with E-state index in [9.17, 15) is 9.59 Å². The van der Waals surface area contributed by atoms with E-state index < -0.39 is 0 Å². The second-order valence-electron chi connectivity index (χ2n) is 7.55. The third-order valence-corrected chi connectivity index (χ3v) is 5.60. The van der Waals surface area contributed by atoms with Gasteiger partial charge in [-0.05, 0) is 44.9 Å². The van der Waals surface area contributed by atoms with Crippen LogP contribution in [0.2, 0.25) is 0 Å². The molecule has 1 saturated heterocycles. The van der Waals surface area contributed by atoms with Crippen molar-refractivity contribution in [2.75, 3.05) is 33.4 Å². The van der Waals surface area contributed by atoms with Crippen LogP contribution in [0.3, 0.4) is 0 Å². The van der Waals surface area contributed by atoms with E-state index in [4.69, 9.17) is 4.74 Å². The van der Waals surface area contributed by atoms with Crippen LogP contribution in [0.25, 0.3) is 0 Å². The van der Waals surface area contributed by atoms with Gasteiger partial charge in [0.2, 0.25) is 11.8 Å². The average Bonchev–Trinajstić information content (AvgIpc) is 3.11. The molecule has 1 unspecified atom stereocenters. The van der Waals surface area contributed by atoms with Crippen LogP contribution in [0.5, 0.6) is 0 Å². The SMILES string of the molecule is COCCCNC(=O)C(C)N1CCC(NC(=O)CC2CCCC2)CC1. The summed E-state index contributed by atoms with van der Waals surface area (Å²) in [5.74, 6) is 0.899. The lowest BCUT2D eigenvalue weighted by Crippen LogP contribution is -2.51. The number of nitrogens with zero attached hydrogens (tertiary/aromatic N) is 1. The number of nitrogens with one attached hydrogen (secondary N) is 2. The second kappa shape index (κ2) is 10.8. The smallest absolute Gasteiger partial charge is 0.237 e. The first-order valence-electron chi connectivity index (χ1n) is 9.90. The van der Waals surface area contributed by atoms with Crippen LogP contribution in [-0.2, 0) is 14.3 Å². The quantitative estimate of drug-likeness (QED) is 0.619. The lowest BCUT2D eigenvalue weighted by molar-refractivity contribution is -0.127. The molecule has 2 amide bonds. The van der Waals surface area contributed by atoms with Gasteiger partial charge in [0.05, 0.1) is 6.04 Å². The first kappa shape index (κ1) is 20.2. The minimum absolute atomic E-state index is 0.0832. The van der Waals surface area contributed by atoms with E-state index in [1.54, 1.807) is 7.11 Å². The molecular formula is C19H35N3O3. The van der Waals surface area contributed by atoms with E-state index in [0.717, 1.165) is 32.4 Å². The Morgan fingerprint density at radius 1 is 1.16 bits per heavy atom. The van der Waals surface area contributed by atoms with E-state index in [1.807, 2.05) is 6.92 Å². The summed E-state index contributed by atoms with van der Waals surface area (Å²) in [6.45, 7) is 5.01. The van der Waals surface area contributed by atoms with Gasteiger partial charge in [-0.3, -0.25) is 14.5 Å². The van der Waals surface area contributed by atoms with Crippen LogP contribution in [0.1, 0.15) is 58.3 Å². The van der Waals surface area contributed by atoms with Crippen LogP contribution in [0.4, 0.5) is 0 Å². The Hall–Kier alpha value is -1.14. The Morgan fingerprint density at radius 2 is 1.84 bits per heavy atom. The highest BCUT2D eigenvalue weighted by atomic mass is 16.5. The van der Waals surface area contributed by atoms with Crippen LogP contribution in [-0.4, -0.2) is 62.1 Å². The molecule has 6 nitrogen and oxygen atoms in total. The Kier molecular flexibility index (Phi) is 8.68. The normalized spacial score (nSPS) is 21.2. The maximum atomic E-state index is 12.2. The van der Waals surface area contributed by atoms with Crippen molar-refractivity contribution in [2.45, 2.75) is 70.4 Å². The highest BCUT2D eigenvalue weighted by Crippen LogP contribution is 2.27. The number of rotatable bonds is 9. The van der Waals surface area contributed by atoms with Gasteiger partial charge in [-0.2, -0.15) is 0 Å². The summed E-state index contributed by atoms with van der Waals surface area (Å²) in [5, 5.41) is 6.17. The van der Waals surface area contributed by atoms with Gasteiger partial charge in [-0.15, -0.1) is 0 Å². The number of piperidine rings is 1. The average molecular weight is 354 g/mol. The number of carbonyl (C=O) groups excluding carboxylic acids is 2. The topological polar surface area (TPSA) is 70.7 Å². The molecule has 6 heteroatoms. The van der Waals surface area contributed by atoms with Crippen LogP contribution in [0, 0.1) is 5.92 Å². The number of likely N-dealkylation sites (tertiary alicyclic amines) is 1. The van der Waals surface area contributed by atoms with Crippen molar-refractivity contribution in [2.24, 2.45) is 5.92 Å².